The maximum absolute atomic E-state index is 12.3. The van der Waals surface area contributed by atoms with Gasteiger partial charge in [-0.05, 0) is 31.2 Å². The van der Waals surface area contributed by atoms with Crippen LogP contribution in [0, 0.1) is 17.0 Å². The molecule has 3 rings (SSSR count). The third-order valence-electron chi connectivity index (χ3n) is 3.65. The van der Waals surface area contributed by atoms with Crippen molar-refractivity contribution in [2.24, 2.45) is 0 Å². The third kappa shape index (κ3) is 4.89. The summed E-state index contributed by atoms with van der Waals surface area (Å²) < 4.78 is 0.651. The van der Waals surface area contributed by atoms with E-state index in [1.165, 1.54) is 35.6 Å². The smallest absolute Gasteiger partial charge is 0.284 e. The number of nitrogens with zero attached hydrogens (tertiary/aromatic N) is 2. The van der Waals surface area contributed by atoms with Gasteiger partial charge in [-0.25, -0.2) is 4.98 Å². The lowest BCUT2D eigenvalue weighted by atomic mass is 10.2. The zero-order valence-corrected chi connectivity index (χ0v) is 16.5. The first kappa shape index (κ1) is 20.3. The summed E-state index contributed by atoms with van der Waals surface area (Å²) >= 11 is 2.51. The van der Waals surface area contributed by atoms with Crippen molar-refractivity contribution in [1.29, 1.82) is 0 Å². The van der Waals surface area contributed by atoms with Gasteiger partial charge in [-0.2, -0.15) is 0 Å². The first-order valence-corrected chi connectivity index (χ1v) is 9.82. The number of aryl methyl sites for hydroxylation is 1. The van der Waals surface area contributed by atoms with Crippen LogP contribution in [0.15, 0.2) is 57.1 Å². The molecule has 2 amide bonds. The topological polar surface area (TPSA) is 134 Å². The first-order valence-electron chi connectivity index (χ1n) is 8.12. The number of nitro benzene ring substituents is 1. The first-order chi connectivity index (χ1) is 13.8. The Hall–Kier alpha value is -3.44. The quantitative estimate of drug-likeness (QED) is 0.417. The molecule has 3 aromatic rings. The number of aromatic hydroxyl groups is 1. The van der Waals surface area contributed by atoms with E-state index >= 15 is 0 Å². The van der Waals surface area contributed by atoms with Crippen LogP contribution in [0.3, 0.4) is 0 Å². The number of carbonyl (C=O) groups excluding carboxylic acids is 2. The maximum Gasteiger partial charge on any atom is 0.284 e. The van der Waals surface area contributed by atoms with Crippen LogP contribution >= 0.6 is 23.1 Å². The molecule has 0 unspecified atom stereocenters. The molecule has 0 saturated carbocycles. The van der Waals surface area contributed by atoms with E-state index in [1.807, 2.05) is 12.3 Å². The van der Waals surface area contributed by atoms with Crippen molar-refractivity contribution in [3.63, 3.8) is 0 Å². The molecule has 3 N–H and O–H groups in total. The molecule has 0 atom stereocenters. The number of benzene rings is 2. The predicted octanol–water partition coefficient (Wildman–Crippen LogP) is 3.29. The zero-order valence-electron chi connectivity index (χ0n) is 14.9. The zero-order chi connectivity index (χ0) is 21.0. The van der Waals surface area contributed by atoms with E-state index in [0.29, 0.717) is 9.24 Å². The number of hydrogen-bond acceptors (Lipinski definition) is 8. The van der Waals surface area contributed by atoms with Crippen molar-refractivity contribution in [2.45, 2.75) is 16.2 Å². The van der Waals surface area contributed by atoms with E-state index in [-0.39, 0.29) is 22.6 Å². The second-order valence-electron chi connectivity index (χ2n) is 5.72. The van der Waals surface area contributed by atoms with E-state index < -0.39 is 16.7 Å². The highest BCUT2D eigenvalue weighted by Crippen LogP contribution is 2.36. The summed E-state index contributed by atoms with van der Waals surface area (Å²) in [5.41, 5.74) is 4.87. The highest BCUT2D eigenvalue weighted by Gasteiger charge is 2.20. The Morgan fingerprint density at radius 3 is 2.55 bits per heavy atom. The minimum absolute atomic E-state index is 0.00560. The molecule has 0 fully saturated rings. The van der Waals surface area contributed by atoms with E-state index in [9.17, 15) is 24.8 Å². The number of phenols is 1. The number of phenolic OH excluding ortho intramolecular Hbond substituents is 1. The fourth-order valence-electron chi connectivity index (χ4n) is 2.28. The van der Waals surface area contributed by atoms with Gasteiger partial charge in [0.25, 0.3) is 17.5 Å². The van der Waals surface area contributed by atoms with Crippen LogP contribution in [0.2, 0.25) is 0 Å². The summed E-state index contributed by atoms with van der Waals surface area (Å²) in [7, 11) is 0. The minimum atomic E-state index is -0.737. The molecule has 0 spiro atoms. The fraction of sp³-hybridized carbons (Fsp3) is 0.0556. The average molecular weight is 430 g/mol. The van der Waals surface area contributed by atoms with Gasteiger partial charge < -0.3 is 5.11 Å². The number of hydrazine groups is 1. The van der Waals surface area contributed by atoms with Crippen LogP contribution in [0.5, 0.6) is 5.75 Å². The molecule has 0 aliphatic heterocycles. The van der Waals surface area contributed by atoms with Gasteiger partial charge >= 0.3 is 0 Å². The van der Waals surface area contributed by atoms with Gasteiger partial charge in [0.15, 0.2) is 4.34 Å². The average Bonchev–Trinajstić information content (AvgIpc) is 3.11. The molecular weight excluding hydrogens is 416 g/mol. The van der Waals surface area contributed by atoms with Crippen molar-refractivity contribution in [2.75, 3.05) is 0 Å². The van der Waals surface area contributed by atoms with Gasteiger partial charge in [-0.3, -0.25) is 30.6 Å². The Balaban J connectivity index is 1.73. The SMILES string of the molecule is Cc1csc(Sc2ccc(C(=O)NNC(=O)c3ccccc3O)cc2[N+](=O)[O-])n1. The van der Waals surface area contributed by atoms with Crippen LogP contribution in [-0.4, -0.2) is 26.8 Å². The Morgan fingerprint density at radius 1 is 1.17 bits per heavy atom. The summed E-state index contributed by atoms with van der Waals surface area (Å²) in [4.78, 5) is 39.8. The normalized spacial score (nSPS) is 10.4. The molecule has 0 saturated heterocycles. The Morgan fingerprint density at radius 2 is 1.90 bits per heavy atom. The highest BCUT2D eigenvalue weighted by atomic mass is 32.2. The van der Waals surface area contributed by atoms with Gasteiger partial charge in [-0.15, -0.1) is 11.3 Å². The van der Waals surface area contributed by atoms with Crippen molar-refractivity contribution in [1.82, 2.24) is 15.8 Å². The molecular formula is C18H14N4O5S2. The Bertz CT molecular complexity index is 1100. The third-order valence-corrected chi connectivity index (χ3v) is 5.77. The Labute approximate surface area is 172 Å². The highest BCUT2D eigenvalue weighted by molar-refractivity contribution is 8.01. The summed E-state index contributed by atoms with van der Waals surface area (Å²) in [6.45, 7) is 1.83. The minimum Gasteiger partial charge on any atom is -0.507 e. The second-order valence-corrected chi connectivity index (χ2v) is 7.87. The molecule has 148 valence electrons. The number of thiazole rings is 1. The number of rotatable bonds is 5. The van der Waals surface area contributed by atoms with E-state index in [0.717, 1.165) is 23.5 Å². The Kier molecular flexibility index (Phi) is 6.10. The maximum atomic E-state index is 12.3. The van der Waals surface area contributed by atoms with E-state index in [1.54, 1.807) is 12.1 Å². The summed E-state index contributed by atoms with van der Waals surface area (Å²) in [6.07, 6.45) is 0. The van der Waals surface area contributed by atoms with Gasteiger partial charge in [0.05, 0.1) is 15.4 Å². The van der Waals surface area contributed by atoms with Gasteiger partial charge in [0, 0.05) is 22.7 Å². The molecule has 0 aliphatic carbocycles. The molecule has 9 nitrogen and oxygen atoms in total. The number of nitro groups is 1. The molecule has 1 aromatic heterocycles. The van der Waals surface area contributed by atoms with Crippen LogP contribution in [0.25, 0.3) is 0 Å². The monoisotopic (exact) mass is 430 g/mol. The molecule has 2 aromatic carbocycles. The largest absolute Gasteiger partial charge is 0.507 e. The number of aromatic nitrogens is 1. The lowest BCUT2D eigenvalue weighted by molar-refractivity contribution is -0.387. The lowest BCUT2D eigenvalue weighted by Crippen LogP contribution is -2.41. The number of hydrogen-bond donors (Lipinski definition) is 3. The molecule has 0 bridgehead atoms. The molecule has 0 aliphatic rings. The number of nitrogens with one attached hydrogen (secondary N) is 2. The fourth-order valence-corrected chi connectivity index (χ4v) is 4.16. The molecule has 0 radical (unpaired) electrons. The lowest BCUT2D eigenvalue weighted by Gasteiger charge is -2.09. The van der Waals surface area contributed by atoms with Crippen molar-refractivity contribution in [3.05, 3.63) is 74.8 Å². The van der Waals surface area contributed by atoms with Crippen molar-refractivity contribution in [3.8, 4) is 5.75 Å². The summed E-state index contributed by atoms with van der Waals surface area (Å²) in [5.74, 6) is -1.70. The summed E-state index contributed by atoms with van der Waals surface area (Å²) in [5, 5.41) is 22.9. The van der Waals surface area contributed by atoms with Crippen LogP contribution in [-0.2, 0) is 0 Å². The van der Waals surface area contributed by atoms with Crippen LogP contribution in [0.4, 0.5) is 5.69 Å². The van der Waals surface area contributed by atoms with E-state index in [4.69, 9.17) is 0 Å². The second kappa shape index (κ2) is 8.71. The number of para-hydroxylation sites is 1. The van der Waals surface area contributed by atoms with Gasteiger partial charge in [0.1, 0.15) is 5.75 Å². The van der Waals surface area contributed by atoms with Crippen LogP contribution in [0.1, 0.15) is 26.4 Å². The predicted molar refractivity (Wildman–Crippen MR) is 107 cm³/mol. The number of carbonyl (C=O) groups is 2. The molecule has 29 heavy (non-hydrogen) atoms. The van der Waals surface area contributed by atoms with E-state index in [2.05, 4.69) is 15.8 Å². The van der Waals surface area contributed by atoms with Gasteiger partial charge in [0.2, 0.25) is 0 Å². The molecule has 1 heterocycles. The van der Waals surface area contributed by atoms with Crippen molar-refractivity contribution >= 4 is 40.6 Å². The number of amides is 2. The standard InChI is InChI=1S/C18H14N4O5S2/c1-10-9-28-18(19-10)29-15-7-6-11(8-13(15)22(26)27)16(24)20-21-17(25)12-4-2-3-5-14(12)23/h2-9,23H,1H3,(H,20,24)(H,21,25). The van der Waals surface area contributed by atoms with Crippen LogP contribution < -0.4 is 10.9 Å². The van der Waals surface area contributed by atoms with Gasteiger partial charge in [-0.1, -0.05) is 23.9 Å². The summed E-state index contributed by atoms with van der Waals surface area (Å²) in [6, 6.07) is 9.83. The molecule has 11 heteroatoms. The van der Waals surface area contributed by atoms with Crippen molar-refractivity contribution < 1.29 is 19.6 Å².